The number of amides is 1. The van der Waals surface area contributed by atoms with Gasteiger partial charge < -0.3 is 5.32 Å². The lowest BCUT2D eigenvalue weighted by molar-refractivity contribution is -0.117. The highest BCUT2D eigenvalue weighted by atomic mass is 79.9. The van der Waals surface area contributed by atoms with Gasteiger partial charge in [-0.2, -0.15) is 0 Å². The van der Waals surface area contributed by atoms with E-state index in [4.69, 9.17) is 0 Å². The number of carbonyl (C=O) groups is 1. The molecule has 0 bridgehead atoms. The summed E-state index contributed by atoms with van der Waals surface area (Å²) >= 11 is 8.37. The Bertz CT molecular complexity index is 659. The monoisotopic (exact) mass is 418 g/mol. The van der Waals surface area contributed by atoms with Crippen LogP contribution in [0.4, 0.5) is 5.13 Å². The van der Waals surface area contributed by atoms with E-state index in [1.807, 2.05) is 19.9 Å². The molecule has 6 heteroatoms. The Morgan fingerprint density at radius 2 is 2.05 bits per heavy atom. The number of fused-ring (bicyclic) bond motifs is 1. The molecule has 0 saturated heterocycles. The van der Waals surface area contributed by atoms with Gasteiger partial charge in [-0.3, -0.25) is 4.79 Å². The van der Waals surface area contributed by atoms with Crippen molar-refractivity contribution < 1.29 is 4.79 Å². The first-order chi connectivity index (χ1) is 9.18. The van der Waals surface area contributed by atoms with Crippen molar-refractivity contribution in [2.24, 2.45) is 0 Å². The third-order valence-corrected chi connectivity index (χ3v) is 4.61. The normalized spacial score (nSPS) is 12.2. The fourth-order valence-corrected chi connectivity index (χ4v) is 3.42. The summed E-state index contributed by atoms with van der Waals surface area (Å²) < 4.78 is 1.51. The fraction of sp³-hybridized carbons (Fsp3) is 0.429. The van der Waals surface area contributed by atoms with Gasteiger partial charge in [-0.1, -0.05) is 57.0 Å². The molecule has 0 spiro atoms. The number of anilines is 1. The number of hydrogen-bond acceptors (Lipinski definition) is 3. The maximum absolute atomic E-state index is 12.0. The predicted molar refractivity (Wildman–Crippen MR) is 93.0 cm³/mol. The lowest BCUT2D eigenvalue weighted by Gasteiger charge is -2.13. The van der Waals surface area contributed by atoms with E-state index in [0.29, 0.717) is 11.0 Å². The molecule has 3 nitrogen and oxygen atoms in total. The molecule has 1 heterocycles. The van der Waals surface area contributed by atoms with E-state index in [9.17, 15) is 4.79 Å². The number of alkyl halides is 1. The third kappa shape index (κ3) is 3.40. The molecule has 0 unspecified atom stereocenters. The number of aromatic nitrogens is 1. The minimum absolute atomic E-state index is 0.0956. The van der Waals surface area contributed by atoms with E-state index in [1.54, 1.807) is 0 Å². The lowest BCUT2D eigenvalue weighted by atomic mass is 10.0. The largest absolute Gasteiger partial charge is 0.301 e. The van der Waals surface area contributed by atoms with Gasteiger partial charge in [0.05, 0.1) is 14.5 Å². The standard InChI is InChI=1S/C14H16Br2N2OS/c1-7(2)9-5-8(15)6-10-11(9)17-13(20-10)18-12(19)14(3,4)16/h5-7H,1-4H3,(H,17,18,19). The molecule has 0 aliphatic heterocycles. The maximum Gasteiger partial charge on any atom is 0.242 e. The van der Waals surface area contributed by atoms with Gasteiger partial charge in [-0.15, -0.1) is 0 Å². The average molecular weight is 420 g/mol. The van der Waals surface area contributed by atoms with Gasteiger partial charge in [0, 0.05) is 4.47 Å². The zero-order valence-corrected chi connectivity index (χ0v) is 15.7. The van der Waals surface area contributed by atoms with Crippen LogP contribution in [-0.2, 0) is 4.79 Å². The van der Waals surface area contributed by atoms with Crippen LogP contribution in [0.5, 0.6) is 0 Å². The van der Waals surface area contributed by atoms with Crippen LogP contribution in [0.25, 0.3) is 10.2 Å². The van der Waals surface area contributed by atoms with Gasteiger partial charge in [0.25, 0.3) is 0 Å². The molecule has 108 valence electrons. The van der Waals surface area contributed by atoms with Crippen LogP contribution in [0.2, 0.25) is 0 Å². The summed E-state index contributed by atoms with van der Waals surface area (Å²) in [6, 6.07) is 4.13. The van der Waals surface area contributed by atoms with Crippen molar-refractivity contribution >= 4 is 64.5 Å². The highest BCUT2D eigenvalue weighted by Crippen LogP contribution is 2.35. The quantitative estimate of drug-likeness (QED) is 0.686. The Balaban J connectivity index is 2.44. The van der Waals surface area contributed by atoms with Crippen molar-refractivity contribution in [1.82, 2.24) is 4.98 Å². The lowest BCUT2D eigenvalue weighted by Crippen LogP contribution is -2.30. The van der Waals surface area contributed by atoms with E-state index >= 15 is 0 Å². The Kier molecular flexibility index (Phi) is 4.56. The molecular formula is C14H16Br2N2OS. The first-order valence-electron chi connectivity index (χ1n) is 6.29. The molecule has 0 atom stereocenters. The van der Waals surface area contributed by atoms with Crippen LogP contribution in [0.15, 0.2) is 16.6 Å². The summed E-state index contributed by atoms with van der Waals surface area (Å²) in [6.07, 6.45) is 0. The minimum Gasteiger partial charge on any atom is -0.301 e. The molecule has 0 aliphatic carbocycles. The average Bonchev–Trinajstić information content (AvgIpc) is 2.68. The second kappa shape index (κ2) is 5.73. The molecule has 2 rings (SSSR count). The molecule has 1 aromatic carbocycles. The van der Waals surface area contributed by atoms with Gasteiger partial charge in [0.2, 0.25) is 5.91 Å². The zero-order valence-electron chi connectivity index (χ0n) is 11.8. The number of carbonyl (C=O) groups excluding carboxylic acids is 1. The van der Waals surface area contributed by atoms with E-state index < -0.39 is 4.32 Å². The Hall–Kier alpha value is -0.460. The number of hydrogen-bond donors (Lipinski definition) is 1. The predicted octanol–water partition coefficient (Wildman–Crippen LogP) is 5.29. The van der Waals surface area contributed by atoms with Crippen molar-refractivity contribution in [3.05, 3.63) is 22.2 Å². The molecule has 1 amide bonds. The van der Waals surface area contributed by atoms with Crippen molar-refractivity contribution in [2.75, 3.05) is 5.32 Å². The van der Waals surface area contributed by atoms with Crippen LogP contribution in [0.1, 0.15) is 39.2 Å². The molecule has 0 radical (unpaired) electrons. The molecule has 0 aliphatic rings. The molecule has 1 N–H and O–H groups in total. The number of halogens is 2. The minimum atomic E-state index is -0.605. The highest BCUT2D eigenvalue weighted by molar-refractivity contribution is 9.10. The van der Waals surface area contributed by atoms with Crippen LogP contribution < -0.4 is 5.32 Å². The third-order valence-electron chi connectivity index (χ3n) is 2.87. The van der Waals surface area contributed by atoms with Gasteiger partial charge in [0.15, 0.2) is 5.13 Å². The topological polar surface area (TPSA) is 42.0 Å². The SMILES string of the molecule is CC(C)c1cc(Br)cc2sc(NC(=O)C(C)(C)Br)nc12. The molecular weight excluding hydrogens is 404 g/mol. The summed E-state index contributed by atoms with van der Waals surface area (Å²) in [7, 11) is 0. The maximum atomic E-state index is 12.0. The summed E-state index contributed by atoms with van der Waals surface area (Å²) in [4.78, 5) is 16.6. The van der Waals surface area contributed by atoms with Crippen molar-refractivity contribution in [3.63, 3.8) is 0 Å². The van der Waals surface area contributed by atoms with E-state index in [0.717, 1.165) is 14.7 Å². The second-order valence-electron chi connectivity index (χ2n) is 5.44. The van der Waals surface area contributed by atoms with Crippen molar-refractivity contribution in [2.45, 2.75) is 37.9 Å². The molecule has 0 fully saturated rings. The van der Waals surface area contributed by atoms with Crippen LogP contribution in [0, 0.1) is 0 Å². The fourth-order valence-electron chi connectivity index (χ4n) is 1.76. The number of thiazole rings is 1. The second-order valence-corrected chi connectivity index (χ2v) is 9.37. The van der Waals surface area contributed by atoms with Gasteiger partial charge >= 0.3 is 0 Å². The molecule has 1 aromatic heterocycles. The van der Waals surface area contributed by atoms with Crippen LogP contribution >= 0.6 is 43.2 Å². The Labute approximate surface area is 139 Å². The zero-order chi connectivity index (χ0) is 15.1. The number of rotatable bonds is 3. The van der Waals surface area contributed by atoms with E-state index in [-0.39, 0.29) is 5.91 Å². The highest BCUT2D eigenvalue weighted by Gasteiger charge is 2.25. The van der Waals surface area contributed by atoms with Crippen LogP contribution in [-0.4, -0.2) is 15.2 Å². The van der Waals surface area contributed by atoms with Gasteiger partial charge in [-0.05, 0) is 37.5 Å². The summed E-state index contributed by atoms with van der Waals surface area (Å²) in [6.45, 7) is 7.90. The first-order valence-corrected chi connectivity index (χ1v) is 8.69. The Morgan fingerprint density at radius 3 is 2.60 bits per heavy atom. The van der Waals surface area contributed by atoms with Gasteiger partial charge in [0.1, 0.15) is 0 Å². The van der Waals surface area contributed by atoms with Gasteiger partial charge in [-0.25, -0.2) is 4.98 Å². The van der Waals surface area contributed by atoms with E-state index in [2.05, 4.69) is 62.1 Å². The molecule has 20 heavy (non-hydrogen) atoms. The number of nitrogens with one attached hydrogen (secondary N) is 1. The Morgan fingerprint density at radius 1 is 1.40 bits per heavy atom. The van der Waals surface area contributed by atoms with Crippen molar-refractivity contribution in [3.8, 4) is 0 Å². The number of benzene rings is 1. The van der Waals surface area contributed by atoms with Crippen molar-refractivity contribution in [1.29, 1.82) is 0 Å². The first kappa shape index (κ1) is 15.9. The molecule has 0 saturated carbocycles. The molecule has 2 aromatic rings. The smallest absolute Gasteiger partial charge is 0.242 e. The summed E-state index contributed by atoms with van der Waals surface area (Å²) in [5, 5.41) is 3.50. The van der Waals surface area contributed by atoms with Crippen LogP contribution in [0.3, 0.4) is 0 Å². The summed E-state index contributed by atoms with van der Waals surface area (Å²) in [5.74, 6) is 0.287. The van der Waals surface area contributed by atoms with E-state index in [1.165, 1.54) is 16.9 Å². The summed E-state index contributed by atoms with van der Waals surface area (Å²) in [5.41, 5.74) is 2.15. The number of nitrogens with zero attached hydrogens (tertiary/aromatic N) is 1.